The summed E-state index contributed by atoms with van der Waals surface area (Å²) in [5.74, 6) is -1.90. The molecule has 0 radical (unpaired) electrons. The number of nitrogens with one attached hydrogen (secondary N) is 1. The normalized spacial score (nSPS) is 15.1. The molecule has 2 heterocycles. The van der Waals surface area contributed by atoms with Crippen LogP contribution in [0.25, 0.3) is 28.1 Å². The van der Waals surface area contributed by atoms with E-state index in [1.165, 1.54) is 6.08 Å². The van der Waals surface area contributed by atoms with Crippen LogP contribution in [0.4, 0.5) is 17.6 Å². The molecule has 0 atom stereocenters. The molecule has 0 unspecified atom stereocenters. The Labute approximate surface area is 208 Å². The van der Waals surface area contributed by atoms with Gasteiger partial charge in [0.25, 0.3) is 0 Å². The Morgan fingerprint density at radius 3 is 2.43 bits per heavy atom. The Morgan fingerprint density at radius 2 is 1.78 bits per heavy atom. The summed E-state index contributed by atoms with van der Waals surface area (Å²) in [6.07, 6.45) is 1.32. The smallest absolute Gasteiger partial charge is 0.433 e. The fraction of sp³-hybridized carbons (Fsp3) is 0.185. The molecule has 0 saturated heterocycles. The van der Waals surface area contributed by atoms with E-state index in [4.69, 9.17) is 5.11 Å². The van der Waals surface area contributed by atoms with E-state index in [9.17, 15) is 22.4 Å². The average molecular weight is 508 g/mol. The zero-order valence-corrected chi connectivity index (χ0v) is 19.3. The molecule has 0 bridgehead atoms. The third-order valence-corrected chi connectivity index (χ3v) is 6.39. The number of hydrogen-bond donors (Lipinski definition) is 2. The number of benzene rings is 2. The third kappa shape index (κ3) is 5.00. The first-order valence-electron chi connectivity index (χ1n) is 11.5. The van der Waals surface area contributed by atoms with Gasteiger partial charge in [0.1, 0.15) is 5.69 Å². The summed E-state index contributed by atoms with van der Waals surface area (Å²) in [6.45, 7) is 0. The number of carbonyl (C=O) groups is 1. The van der Waals surface area contributed by atoms with Gasteiger partial charge in [0.05, 0.1) is 10.9 Å². The first-order valence-corrected chi connectivity index (χ1v) is 11.5. The number of allylic oxidation sites excluding steroid dienone is 1. The number of fused-ring (bicyclic) bond motifs is 1. The second-order valence-electron chi connectivity index (χ2n) is 8.75. The number of rotatable bonds is 6. The molecule has 2 aromatic heterocycles. The molecule has 0 amide bonds. The lowest BCUT2D eigenvalue weighted by Gasteiger charge is -2.30. The minimum Gasteiger partial charge on any atom is -0.478 e. The molecule has 5 rings (SSSR count). The Bertz CT molecular complexity index is 1530. The fourth-order valence-electron chi connectivity index (χ4n) is 4.39. The molecule has 6 nitrogen and oxygen atoms in total. The predicted octanol–water partition coefficient (Wildman–Crippen LogP) is 6.37. The fourth-order valence-corrected chi connectivity index (χ4v) is 4.39. The van der Waals surface area contributed by atoms with Crippen LogP contribution in [0.15, 0.2) is 60.8 Å². The van der Waals surface area contributed by atoms with Crippen LogP contribution in [0, 0.1) is 11.9 Å². The van der Waals surface area contributed by atoms with E-state index in [1.807, 2.05) is 0 Å². The second-order valence-corrected chi connectivity index (χ2v) is 8.75. The molecule has 37 heavy (non-hydrogen) atoms. The van der Waals surface area contributed by atoms with Gasteiger partial charge in [0.2, 0.25) is 5.95 Å². The van der Waals surface area contributed by atoms with Crippen molar-refractivity contribution < 1.29 is 27.5 Å². The molecular weight excluding hydrogens is 488 g/mol. The van der Waals surface area contributed by atoms with Gasteiger partial charge in [-0.1, -0.05) is 36.8 Å². The quantitative estimate of drug-likeness (QED) is 0.233. The molecule has 1 aliphatic carbocycles. The summed E-state index contributed by atoms with van der Waals surface area (Å²) in [6, 6.07) is 12.8. The highest BCUT2D eigenvalue weighted by Crippen LogP contribution is 2.45. The van der Waals surface area contributed by atoms with Gasteiger partial charge in [-0.25, -0.2) is 14.8 Å². The maximum atomic E-state index is 14.4. The number of alkyl halides is 3. The molecule has 4 aromatic rings. The minimum absolute atomic E-state index is 0.0304. The monoisotopic (exact) mass is 508 g/mol. The molecule has 1 fully saturated rings. The molecule has 1 saturated carbocycles. The molecule has 2 aromatic carbocycles. The Hall–Kier alpha value is -4.34. The van der Waals surface area contributed by atoms with E-state index in [0.717, 1.165) is 37.6 Å². The SMILES string of the molecule is O=C(O)/C=C/c1ccc(/C(=C(\c2nccc(C(F)(F)F)n2)C2CCC2)c2ccc3[nH]nc(F)c3c2)cc1. The van der Waals surface area contributed by atoms with Crippen molar-refractivity contribution in [2.45, 2.75) is 25.4 Å². The van der Waals surface area contributed by atoms with Gasteiger partial charge in [0.15, 0.2) is 5.82 Å². The van der Waals surface area contributed by atoms with Crippen molar-refractivity contribution in [2.75, 3.05) is 0 Å². The Kier molecular flexibility index (Phi) is 6.32. The predicted molar refractivity (Wildman–Crippen MR) is 129 cm³/mol. The summed E-state index contributed by atoms with van der Waals surface area (Å²) in [4.78, 5) is 19.0. The van der Waals surface area contributed by atoms with Crippen LogP contribution in [0.2, 0.25) is 0 Å². The number of H-pyrrole nitrogens is 1. The van der Waals surface area contributed by atoms with Gasteiger partial charge < -0.3 is 5.11 Å². The molecule has 1 aliphatic rings. The number of carboxylic acid groups (broad SMARTS) is 1. The van der Waals surface area contributed by atoms with Crippen molar-refractivity contribution in [3.05, 3.63) is 95.0 Å². The van der Waals surface area contributed by atoms with Gasteiger partial charge >= 0.3 is 12.1 Å². The van der Waals surface area contributed by atoms with Crippen molar-refractivity contribution in [1.29, 1.82) is 0 Å². The lowest BCUT2D eigenvalue weighted by atomic mass is 9.75. The molecule has 0 aliphatic heterocycles. The maximum absolute atomic E-state index is 14.4. The highest BCUT2D eigenvalue weighted by Gasteiger charge is 2.35. The van der Waals surface area contributed by atoms with Crippen LogP contribution < -0.4 is 0 Å². The van der Waals surface area contributed by atoms with Gasteiger partial charge in [-0.2, -0.15) is 17.6 Å². The highest BCUT2D eigenvalue weighted by molar-refractivity contribution is 6.00. The molecule has 0 spiro atoms. The molecule has 188 valence electrons. The van der Waals surface area contributed by atoms with Crippen LogP contribution in [0.5, 0.6) is 0 Å². The minimum atomic E-state index is -4.64. The third-order valence-electron chi connectivity index (χ3n) is 6.39. The van der Waals surface area contributed by atoms with Crippen LogP contribution in [0.1, 0.15) is 47.5 Å². The van der Waals surface area contributed by atoms with Gasteiger partial charge in [-0.15, -0.1) is 5.10 Å². The maximum Gasteiger partial charge on any atom is 0.433 e. The van der Waals surface area contributed by atoms with E-state index in [-0.39, 0.29) is 17.1 Å². The first kappa shape index (κ1) is 24.4. The van der Waals surface area contributed by atoms with Crippen molar-refractivity contribution in [2.24, 2.45) is 5.92 Å². The van der Waals surface area contributed by atoms with E-state index < -0.39 is 23.8 Å². The van der Waals surface area contributed by atoms with Gasteiger partial charge in [0, 0.05) is 17.8 Å². The topological polar surface area (TPSA) is 91.8 Å². The standard InChI is InChI=1S/C27H20F4N4O2/c28-25-19-14-18(9-10-20(19)34-35-25)23(17-7-4-15(5-8-17)6-11-22(36)37)24(16-2-1-3-16)26-32-13-12-21(33-26)27(29,30)31/h4-14,16H,1-3H2,(H,34,35)(H,36,37)/b11-6+,24-23+. The average Bonchev–Trinajstić information content (AvgIpc) is 3.21. The van der Waals surface area contributed by atoms with Crippen LogP contribution in [-0.2, 0) is 11.0 Å². The summed E-state index contributed by atoms with van der Waals surface area (Å²) >= 11 is 0. The largest absolute Gasteiger partial charge is 0.478 e. The van der Waals surface area contributed by atoms with Crippen LogP contribution in [-0.4, -0.2) is 31.2 Å². The summed E-state index contributed by atoms with van der Waals surface area (Å²) in [5.41, 5.74) is 2.43. The number of aliphatic carboxylic acids is 1. The highest BCUT2D eigenvalue weighted by atomic mass is 19.4. The summed E-state index contributed by atoms with van der Waals surface area (Å²) < 4.78 is 55.0. The van der Waals surface area contributed by atoms with Crippen LogP contribution >= 0.6 is 0 Å². The first-order chi connectivity index (χ1) is 17.7. The van der Waals surface area contributed by atoms with Crippen LogP contribution in [0.3, 0.4) is 0 Å². The number of nitrogens with zero attached hydrogens (tertiary/aromatic N) is 3. The molecule has 10 heteroatoms. The molecular formula is C27H20F4N4O2. The lowest BCUT2D eigenvalue weighted by Crippen LogP contribution is -2.18. The van der Waals surface area contributed by atoms with Crippen molar-refractivity contribution in [3.63, 3.8) is 0 Å². The zero-order chi connectivity index (χ0) is 26.2. The number of aromatic amines is 1. The van der Waals surface area contributed by atoms with Crippen molar-refractivity contribution in [3.8, 4) is 0 Å². The zero-order valence-electron chi connectivity index (χ0n) is 19.3. The Balaban J connectivity index is 1.76. The van der Waals surface area contributed by atoms with E-state index in [0.29, 0.717) is 33.4 Å². The van der Waals surface area contributed by atoms with Crippen molar-refractivity contribution >= 4 is 34.1 Å². The molecule has 2 N–H and O–H groups in total. The Morgan fingerprint density at radius 1 is 1.05 bits per heavy atom. The van der Waals surface area contributed by atoms with E-state index in [2.05, 4.69) is 20.2 Å². The van der Waals surface area contributed by atoms with E-state index in [1.54, 1.807) is 42.5 Å². The number of aromatic nitrogens is 4. The van der Waals surface area contributed by atoms with Gasteiger partial charge in [-0.05, 0) is 65.3 Å². The van der Waals surface area contributed by atoms with Gasteiger partial charge in [-0.3, -0.25) is 5.10 Å². The summed E-state index contributed by atoms with van der Waals surface area (Å²) in [5, 5.41) is 15.4. The van der Waals surface area contributed by atoms with Crippen molar-refractivity contribution in [1.82, 2.24) is 20.2 Å². The number of carboxylic acids is 1. The number of halogens is 4. The number of hydrogen-bond acceptors (Lipinski definition) is 4. The second kappa shape index (κ2) is 9.61. The summed E-state index contributed by atoms with van der Waals surface area (Å²) in [7, 11) is 0. The lowest BCUT2D eigenvalue weighted by molar-refractivity contribution is -0.141. The van der Waals surface area contributed by atoms with E-state index >= 15 is 0 Å².